The highest BCUT2D eigenvalue weighted by atomic mass is 16.3. The van der Waals surface area contributed by atoms with Crippen molar-refractivity contribution < 1.29 is 5.11 Å². The molecule has 1 aliphatic rings. The van der Waals surface area contributed by atoms with E-state index in [9.17, 15) is 5.11 Å². The van der Waals surface area contributed by atoms with Crippen molar-refractivity contribution in [1.82, 2.24) is 9.97 Å². The van der Waals surface area contributed by atoms with Crippen molar-refractivity contribution in [1.29, 1.82) is 0 Å². The maximum atomic E-state index is 9.41. The molecule has 0 saturated carbocycles. The molecule has 0 aromatic carbocycles. The highest BCUT2D eigenvalue weighted by molar-refractivity contribution is 5.37. The summed E-state index contributed by atoms with van der Waals surface area (Å²) in [4.78, 5) is 10.8. The van der Waals surface area contributed by atoms with Crippen molar-refractivity contribution >= 4 is 5.82 Å². The number of hydrogen-bond acceptors (Lipinski definition) is 4. The van der Waals surface area contributed by atoms with Crippen LogP contribution < -0.4 is 4.90 Å². The fraction of sp³-hybridized carbons (Fsp3) is 0.636. The molecular formula is C11H17N3O. The monoisotopic (exact) mass is 207 g/mol. The molecule has 4 heteroatoms. The quantitative estimate of drug-likeness (QED) is 0.791. The maximum absolute atomic E-state index is 9.41. The van der Waals surface area contributed by atoms with Gasteiger partial charge in [0.2, 0.25) is 0 Å². The van der Waals surface area contributed by atoms with Crippen LogP contribution in [0.25, 0.3) is 0 Å². The second kappa shape index (κ2) is 4.14. The van der Waals surface area contributed by atoms with Crippen LogP contribution in [0.3, 0.4) is 0 Å². The number of rotatable bonds is 2. The molecule has 0 bridgehead atoms. The topological polar surface area (TPSA) is 49.2 Å². The highest BCUT2D eigenvalue weighted by Crippen LogP contribution is 2.18. The standard InChI is InChI=1S/C11H17N3O/c1-8(2)10-5-13-11(6-12-10)14-4-3-9(15)7-14/h5-6,8-9,15H,3-4,7H2,1-2H3. The number of β-amino-alcohol motifs (C(OH)–C–C–N with tert-alkyl or cyclic N) is 1. The summed E-state index contributed by atoms with van der Waals surface area (Å²) in [7, 11) is 0. The van der Waals surface area contributed by atoms with Crippen LogP contribution in [0, 0.1) is 0 Å². The smallest absolute Gasteiger partial charge is 0.147 e. The molecule has 0 amide bonds. The van der Waals surface area contributed by atoms with Crippen LogP contribution in [-0.4, -0.2) is 34.3 Å². The van der Waals surface area contributed by atoms with Gasteiger partial charge in [0.25, 0.3) is 0 Å². The molecule has 1 saturated heterocycles. The Morgan fingerprint density at radius 3 is 2.67 bits per heavy atom. The Hall–Kier alpha value is -1.16. The predicted molar refractivity (Wildman–Crippen MR) is 59.0 cm³/mol. The van der Waals surface area contributed by atoms with E-state index in [1.54, 1.807) is 6.20 Å². The zero-order valence-electron chi connectivity index (χ0n) is 9.22. The van der Waals surface area contributed by atoms with Gasteiger partial charge in [-0.05, 0) is 12.3 Å². The molecule has 1 unspecified atom stereocenters. The van der Waals surface area contributed by atoms with E-state index in [1.807, 2.05) is 6.20 Å². The van der Waals surface area contributed by atoms with E-state index >= 15 is 0 Å². The van der Waals surface area contributed by atoms with Gasteiger partial charge in [-0.2, -0.15) is 0 Å². The van der Waals surface area contributed by atoms with Gasteiger partial charge in [-0.1, -0.05) is 13.8 Å². The average molecular weight is 207 g/mol. The minimum absolute atomic E-state index is 0.212. The number of anilines is 1. The van der Waals surface area contributed by atoms with Crippen molar-refractivity contribution in [3.05, 3.63) is 18.1 Å². The van der Waals surface area contributed by atoms with Gasteiger partial charge in [0.15, 0.2) is 0 Å². The lowest BCUT2D eigenvalue weighted by atomic mass is 10.1. The Morgan fingerprint density at radius 1 is 1.40 bits per heavy atom. The molecule has 2 heterocycles. The molecule has 15 heavy (non-hydrogen) atoms. The fourth-order valence-electron chi connectivity index (χ4n) is 1.74. The second-order valence-electron chi connectivity index (χ2n) is 4.34. The molecule has 1 fully saturated rings. The van der Waals surface area contributed by atoms with Crippen LogP contribution in [0.2, 0.25) is 0 Å². The van der Waals surface area contributed by atoms with Crippen molar-refractivity contribution in [2.24, 2.45) is 0 Å². The van der Waals surface area contributed by atoms with Gasteiger partial charge < -0.3 is 10.0 Å². The first-order valence-electron chi connectivity index (χ1n) is 5.42. The summed E-state index contributed by atoms with van der Waals surface area (Å²) in [5.41, 5.74) is 1.01. The Balaban J connectivity index is 2.10. The van der Waals surface area contributed by atoms with E-state index in [1.165, 1.54) is 0 Å². The lowest BCUT2D eigenvalue weighted by Crippen LogP contribution is -2.22. The SMILES string of the molecule is CC(C)c1cnc(N2CCC(O)C2)cn1. The summed E-state index contributed by atoms with van der Waals surface area (Å²) >= 11 is 0. The maximum Gasteiger partial charge on any atom is 0.147 e. The zero-order chi connectivity index (χ0) is 10.8. The van der Waals surface area contributed by atoms with Crippen LogP contribution >= 0.6 is 0 Å². The predicted octanol–water partition coefficient (Wildman–Crippen LogP) is 1.17. The first-order valence-corrected chi connectivity index (χ1v) is 5.42. The largest absolute Gasteiger partial charge is 0.391 e. The van der Waals surface area contributed by atoms with Gasteiger partial charge in [-0.3, -0.25) is 4.98 Å². The van der Waals surface area contributed by atoms with E-state index in [0.717, 1.165) is 24.5 Å². The Morgan fingerprint density at radius 2 is 2.20 bits per heavy atom. The van der Waals surface area contributed by atoms with Crippen LogP contribution in [0.5, 0.6) is 0 Å². The van der Waals surface area contributed by atoms with Crippen molar-refractivity contribution in [3.63, 3.8) is 0 Å². The molecule has 82 valence electrons. The summed E-state index contributed by atoms with van der Waals surface area (Å²) in [5.74, 6) is 1.28. The van der Waals surface area contributed by atoms with Gasteiger partial charge in [-0.25, -0.2) is 4.98 Å². The molecule has 0 aliphatic carbocycles. The van der Waals surface area contributed by atoms with Crippen molar-refractivity contribution in [3.8, 4) is 0 Å². The van der Waals surface area contributed by atoms with Crippen molar-refractivity contribution in [2.75, 3.05) is 18.0 Å². The molecule has 0 spiro atoms. The molecule has 1 atom stereocenters. The van der Waals surface area contributed by atoms with E-state index in [2.05, 4.69) is 28.7 Å². The summed E-state index contributed by atoms with van der Waals surface area (Å²) < 4.78 is 0. The molecule has 2 rings (SSSR count). The Kier molecular flexibility index (Phi) is 2.86. The van der Waals surface area contributed by atoms with E-state index < -0.39 is 0 Å². The molecule has 1 aromatic rings. The minimum Gasteiger partial charge on any atom is -0.391 e. The zero-order valence-corrected chi connectivity index (χ0v) is 9.22. The fourth-order valence-corrected chi connectivity index (χ4v) is 1.74. The highest BCUT2D eigenvalue weighted by Gasteiger charge is 2.21. The third-order valence-electron chi connectivity index (χ3n) is 2.74. The molecule has 1 aliphatic heterocycles. The lowest BCUT2D eigenvalue weighted by molar-refractivity contribution is 0.198. The van der Waals surface area contributed by atoms with E-state index in [0.29, 0.717) is 12.5 Å². The second-order valence-corrected chi connectivity index (χ2v) is 4.34. The summed E-state index contributed by atoms with van der Waals surface area (Å²) in [5, 5.41) is 9.41. The lowest BCUT2D eigenvalue weighted by Gasteiger charge is -2.16. The van der Waals surface area contributed by atoms with Gasteiger partial charge in [0.1, 0.15) is 5.82 Å². The van der Waals surface area contributed by atoms with Crippen LogP contribution in [0.1, 0.15) is 31.9 Å². The number of hydrogen-bond donors (Lipinski definition) is 1. The van der Waals surface area contributed by atoms with Gasteiger partial charge >= 0.3 is 0 Å². The molecule has 1 N–H and O–H groups in total. The van der Waals surface area contributed by atoms with Crippen molar-refractivity contribution in [2.45, 2.75) is 32.3 Å². The van der Waals surface area contributed by atoms with Gasteiger partial charge in [-0.15, -0.1) is 0 Å². The van der Waals surface area contributed by atoms with Crippen LogP contribution in [0.15, 0.2) is 12.4 Å². The summed E-state index contributed by atoms with van der Waals surface area (Å²) in [6.45, 7) is 5.75. The molecule has 0 radical (unpaired) electrons. The third kappa shape index (κ3) is 2.26. The Labute approximate surface area is 90.0 Å². The van der Waals surface area contributed by atoms with E-state index in [4.69, 9.17) is 0 Å². The number of nitrogens with zero attached hydrogens (tertiary/aromatic N) is 3. The van der Waals surface area contributed by atoms with E-state index in [-0.39, 0.29) is 6.10 Å². The average Bonchev–Trinajstić information content (AvgIpc) is 2.65. The summed E-state index contributed by atoms with van der Waals surface area (Å²) in [6, 6.07) is 0. The van der Waals surface area contributed by atoms with Gasteiger partial charge in [0.05, 0.1) is 24.2 Å². The molecular weight excluding hydrogens is 190 g/mol. The normalized spacial score (nSPS) is 21.3. The Bertz CT molecular complexity index is 323. The number of aliphatic hydroxyl groups excluding tert-OH is 1. The first kappa shape index (κ1) is 10.4. The first-order chi connectivity index (χ1) is 7.16. The summed E-state index contributed by atoms with van der Waals surface area (Å²) in [6.07, 6.45) is 4.24. The van der Waals surface area contributed by atoms with Gasteiger partial charge in [0, 0.05) is 13.1 Å². The van der Waals surface area contributed by atoms with Crippen LogP contribution in [-0.2, 0) is 0 Å². The third-order valence-corrected chi connectivity index (χ3v) is 2.74. The minimum atomic E-state index is -0.212. The molecule has 4 nitrogen and oxygen atoms in total. The number of aromatic nitrogens is 2. The number of aliphatic hydroxyl groups is 1. The van der Waals surface area contributed by atoms with Crippen LogP contribution in [0.4, 0.5) is 5.82 Å². The molecule has 1 aromatic heterocycles.